The number of allylic oxidation sites excluding steroid dienone is 2. The van der Waals surface area contributed by atoms with Gasteiger partial charge in [-0.3, -0.25) is 0 Å². The lowest BCUT2D eigenvalue weighted by atomic mass is 10.00. The molecule has 0 aliphatic carbocycles. The zero-order chi connectivity index (χ0) is 13.0. The fraction of sp³-hybridized carbons (Fsp3) is 0.0625. The van der Waals surface area contributed by atoms with E-state index in [2.05, 4.69) is 35.3 Å². The normalized spacial score (nSPS) is 11.3. The maximum atomic E-state index is 4.17. The van der Waals surface area contributed by atoms with Crippen LogP contribution in [-0.4, -0.2) is 9.97 Å². The molecule has 1 N–H and O–H groups in total. The Labute approximate surface area is 107 Å². The zero-order valence-corrected chi connectivity index (χ0v) is 10.5. The number of rotatable bonds is 4. The van der Waals surface area contributed by atoms with Crippen LogP contribution in [0.15, 0.2) is 55.4 Å². The van der Waals surface area contributed by atoms with Gasteiger partial charge in [0.15, 0.2) is 0 Å². The predicted molar refractivity (Wildman–Crippen MR) is 77.8 cm³/mol. The Kier molecular flexibility index (Phi) is 3.58. The van der Waals surface area contributed by atoms with Crippen molar-refractivity contribution in [3.05, 3.63) is 72.3 Å². The first-order chi connectivity index (χ1) is 8.72. The second kappa shape index (κ2) is 5.32. The van der Waals surface area contributed by atoms with E-state index in [1.165, 1.54) is 0 Å². The van der Waals surface area contributed by atoms with E-state index < -0.39 is 0 Å². The Bertz CT molecular complexity index is 589. The largest absolute Gasteiger partial charge is 0.345 e. The van der Waals surface area contributed by atoms with E-state index in [-0.39, 0.29) is 0 Å². The highest BCUT2D eigenvalue weighted by Gasteiger charge is 2.03. The summed E-state index contributed by atoms with van der Waals surface area (Å²) in [6, 6.07) is 10.1. The molecule has 0 radical (unpaired) electrons. The Morgan fingerprint density at radius 3 is 2.67 bits per heavy atom. The molecule has 90 valence electrons. The fourth-order valence-electron chi connectivity index (χ4n) is 1.76. The first-order valence-corrected chi connectivity index (χ1v) is 5.81. The maximum absolute atomic E-state index is 4.17. The summed E-state index contributed by atoms with van der Waals surface area (Å²) in [5.74, 6) is 0. The average molecular weight is 236 g/mol. The van der Waals surface area contributed by atoms with E-state index in [0.29, 0.717) is 0 Å². The summed E-state index contributed by atoms with van der Waals surface area (Å²) in [5.41, 5.74) is 5.06. The Balaban J connectivity index is 2.29. The molecule has 0 atom stereocenters. The van der Waals surface area contributed by atoms with Gasteiger partial charge in [-0.25, -0.2) is 4.98 Å². The molecule has 1 aromatic carbocycles. The summed E-state index contributed by atoms with van der Waals surface area (Å²) >= 11 is 0. The highest BCUT2D eigenvalue weighted by atomic mass is 14.9. The molecular weight excluding hydrogens is 220 g/mol. The average Bonchev–Trinajstić information content (AvgIpc) is 2.86. The van der Waals surface area contributed by atoms with Gasteiger partial charge >= 0.3 is 0 Å². The molecule has 0 bridgehead atoms. The predicted octanol–water partition coefficient (Wildman–Crippen LogP) is 4.17. The van der Waals surface area contributed by atoms with Crippen molar-refractivity contribution < 1.29 is 0 Å². The molecule has 0 saturated heterocycles. The minimum atomic E-state index is 0.857. The molecule has 0 aliphatic heterocycles. The first-order valence-electron chi connectivity index (χ1n) is 5.81. The van der Waals surface area contributed by atoms with Crippen LogP contribution in [0, 0.1) is 0 Å². The second-order valence-corrected chi connectivity index (χ2v) is 4.08. The lowest BCUT2D eigenvalue weighted by molar-refractivity contribution is 1.30. The number of imidazole rings is 1. The monoisotopic (exact) mass is 236 g/mol. The number of nitrogens with one attached hydrogen (secondary N) is 1. The molecule has 2 aromatic rings. The molecule has 0 unspecified atom stereocenters. The fourth-order valence-corrected chi connectivity index (χ4v) is 1.76. The van der Waals surface area contributed by atoms with Gasteiger partial charge in [-0.15, -0.1) is 0 Å². The quantitative estimate of drug-likeness (QED) is 0.793. The van der Waals surface area contributed by atoms with Crippen LogP contribution in [0.1, 0.15) is 23.9 Å². The van der Waals surface area contributed by atoms with Crippen molar-refractivity contribution >= 4 is 17.7 Å². The van der Waals surface area contributed by atoms with Gasteiger partial charge in [0.05, 0.1) is 17.7 Å². The maximum Gasteiger partial charge on any atom is 0.0931 e. The van der Waals surface area contributed by atoms with Crippen molar-refractivity contribution in [2.75, 3.05) is 0 Å². The highest BCUT2D eigenvalue weighted by Crippen LogP contribution is 2.22. The van der Waals surface area contributed by atoms with Crippen molar-refractivity contribution in [3.63, 3.8) is 0 Å². The lowest BCUT2D eigenvalue weighted by Crippen LogP contribution is -1.86. The number of benzene rings is 1. The third-order valence-electron chi connectivity index (χ3n) is 2.85. The molecule has 1 heterocycles. The van der Waals surface area contributed by atoms with E-state index in [1.807, 2.05) is 31.2 Å². The van der Waals surface area contributed by atoms with E-state index in [9.17, 15) is 0 Å². The molecule has 2 nitrogen and oxygen atoms in total. The summed E-state index contributed by atoms with van der Waals surface area (Å²) in [4.78, 5) is 7.27. The highest BCUT2D eigenvalue weighted by molar-refractivity contribution is 5.82. The number of hydrogen-bond donors (Lipinski definition) is 1. The first kappa shape index (κ1) is 12.1. The van der Waals surface area contributed by atoms with Crippen LogP contribution in [0.3, 0.4) is 0 Å². The summed E-state index contributed by atoms with van der Waals surface area (Å²) in [5, 5.41) is 0. The summed E-state index contributed by atoms with van der Waals surface area (Å²) < 4.78 is 0. The third-order valence-corrected chi connectivity index (χ3v) is 2.85. The third kappa shape index (κ3) is 2.48. The zero-order valence-electron chi connectivity index (χ0n) is 10.5. The van der Waals surface area contributed by atoms with Gasteiger partial charge in [-0.2, -0.15) is 0 Å². The van der Waals surface area contributed by atoms with Crippen LogP contribution < -0.4 is 0 Å². The van der Waals surface area contributed by atoms with Gasteiger partial charge in [-0.1, -0.05) is 43.5 Å². The smallest absolute Gasteiger partial charge is 0.0931 e. The van der Waals surface area contributed by atoms with Gasteiger partial charge in [0.2, 0.25) is 0 Å². The van der Waals surface area contributed by atoms with E-state index in [4.69, 9.17) is 0 Å². The van der Waals surface area contributed by atoms with Crippen molar-refractivity contribution in [2.24, 2.45) is 0 Å². The van der Waals surface area contributed by atoms with Crippen LogP contribution in [-0.2, 0) is 0 Å². The summed E-state index contributed by atoms with van der Waals surface area (Å²) in [6.45, 7) is 9.92. The number of aromatic nitrogens is 2. The SMILES string of the molecule is C=Cc1nc[nH]c1/C=C(\C)C(=C)c1ccccc1. The van der Waals surface area contributed by atoms with Crippen molar-refractivity contribution in [2.45, 2.75) is 6.92 Å². The van der Waals surface area contributed by atoms with Crippen LogP contribution >= 0.6 is 0 Å². The van der Waals surface area contributed by atoms with E-state index in [0.717, 1.165) is 28.1 Å². The standard InChI is InChI=1S/C16H16N2/c1-4-15-16(18-11-17-15)10-12(2)13(3)14-8-6-5-7-9-14/h4-11H,1,3H2,2H3,(H,17,18)/b12-10+. The van der Waals surface area contributed by atoms with Gasteiger partial charge in [0.25, 0.3) is 0 Å². The lowest BCUT2D eigenvalue weighted by Gasteiger charge is -2.06. The molecule has 1 aromatic heterocycles. The minimum absolute atomic E-state index is 0.857. The van der Waals surface area contributed by atoms with Crippen LogP contribution in [0.4, 0.5) is 0 Å². The molecule has 0 spiro atoms. The van der Waals surface area contributed by atoms with Gasteiger partial charge in [0, 0.05) is 0 Å². The topological polar surface area (TPSA) is 28.7 Å². The molecular formula is C16H16N2. The second-order valence-electron chi connectivity index (χ2n) is 4.08. The van der Waals surface area contributed by atoms with Crippen LogP contribution in [0.5, 0.6) is 0 Å². The number of aromatic amines is 1. The van der Waals surface area contributed by atoms with Gasteiger partial charge in [-0.05, 0) is 35.8 Å². The molecule has 2 heteroatoms. The molecule has 2 rings (SSSR count). The van der Waals surface area contributed by atoms with Crippen molar-refractivity contribution in [3.8, 4) is 0 Å². The Morgan fingerprint density at radius 1 is 1.28 bits per heavy atom. The number of nitrogens with zero attached hydrogens (tertiary/aromatic N) is 1. The Morgan fingerprint density at radius 2 is 2.00 bits per heavy atom. The number of H-pyrrole nitrogens is 1. The van der Waals surface area contributed by atoms with Gasteiger partial charge < -0.3 is 4.98 Å². The Hall–Kier alpha value is -2.35. The van der Waals surface area contributed by atoms with E-state index >= 15 is 0 Å². The molecule has 0 fully saturated rings. The molecule has 18 heavy (non-hydrogen) atoms. The van der Waals surface area contributed by atoms with Gasteiger partial charge in [0.1, 0.15) is 0 Å². The van der Waals surface area contributed by atoms with Crippen LogP contribution in [0.25, 0.3) is 17.7 Å². The minimum Gasteiger partial charge on any atom is -0.345 e. The number of hydrogen-bond acceptors (Lipinski definition) is 1. The summed E-state index contributed by atoms with van der Waals surface area (Å²) in [6.07, 6.45) is 5.45. The van der Waals surface area contributed by atoms with E-state index in [1.54, 1.807) is 12.4 Å². The molecule has 0 aliphatic rings. The van der Waals surface area contributed by atoms with Crippen molar-refractivity contribution in [1.29, 1.82) is 0 Å². The van der Waals surface area contributed by atoms with Crippen molar-refractivity contribution in [1.82, 2.24) is 9.97 Å². The summed E-state index contributed by atoms with van der Waals surface area (Å²) in [7, 11) is 0. The van der Waals surface area contributed by atoms with Crippen LogP contribution in [0.2, 0.25) is 0 Å². The molecule has 0 saturated carbocycles. The molecule has 0 amide bonds.